The SMILES string of the molecule is COC(=O)c1nc(-c2cc(Cl)c3c(c2)OCCO3)sc1C. The monoisotopic (exact) mass is 325 g/mol. The molecule has 0 saturated carbocycles. The molecule has 0 amide bonds. The molecule has 3 rings (SSSR count). The van der Waals surface area contributed by atoms with Gasteiger partial charge in [0.25, 0.3) is 0 Å². The molecule has 21 heavy (non-hydrogen) atoms. The van der Waals surface area contributed by atoms with Crippen LogP contribution in [0.15, 0.2) is 12.1 Å². The van der Waals surface area contributed by atoms with Gasteiger partial charge in [-0.1, -0.05) is 11.6 Å². The highest BCUT2D eigenvalue weighted by molar-refractivity contribution is 7.15. The van der Waals surface area contributed by atoms with Crippen LogP contribution >= 0.6 is 22.9 Å². The molecule has 0 saturated heterocycles. The van der Waals surface area contributed by atoms with E-state index in [2.05, 4.69) is 4.98 Å². The first kappa shape index (κ1) is 14.2. The molecule has 1 aromatic carbocycles. The standard InChI is InChI=1S/C14H12ClNO4S/c1-7-11(14(17)18-2)16-13(21-7)8-5-9(15)12-10(6-8)19-3-4-20-12/h5-6H,3-4H2,1-2H3. The summed E-state index contributed by atoms with van der Waals surface area (Å²) >= 11 is 7.62. The van der Waals surface area contributed by atoms with E-state index in [-0.39, 0.29) is 0 Å². The molecule has 1 aliphatic rings. The van der Waals surface area contributed by atoms with Gasteiger partial charge in [0.15, 0.2) is 17.2 Å². The second-order valence-electron chi connectivity index (χ2n) is 4.40. The summed E-state index contributed by atoms with van der Waals surface area (Å²) in [7, 11) is 1.34. The lowest BCUT2D eigenvalue weighted by Crippen LogP contribution is -2.15. The molecule has 0 N–H and O–H groups in total. The molecule has 0 unspecified atom stereocenters. The Morgan fingerprint density at radius 1 is 1.38 bits per heavy atom. The number of aryl methyl sites for hydroxylation is 1. The fourth-order valence-corrected chi connectivity index (χ4v) is 3.19. The number of nitrogens with zero attached hydrogens (tertiary/aromatic N) is 1. The predicted octanol–water partition coefficient (Wildman–Crippen LogP) is 3.33. The van der Waals surface area contributed by atoms with Crippen molar-refractivity contribution >= 4 is 28.9 Å². The highest BCUT2D eigenvalue weighted by Crippen LogP contribution is 2.42. The van der Waals surface area contributed by atoms with E-state index in [4.69, 9.17) is 25.8 Å². The first-order chi connectivity index (χ1) is 10.1. The second kappa shape index (κ2) is 5.54. The minimum Gasteiger partial charge on any atom is -0.486 e. The van der Waals surface area contributed by atoms with E-state index in [1.807, 2.05) is 13.0 Å². The fourth-order valence-electron chi connectivity index (χ4n) is 2.04. The number of fused-ring (bicyclic) bond motifs is 1. The third-order valence-electron chi connectivity index (χ3n) is 3.02. The molecule has 0 aliphatic carbocycles. The number of hydrogen-bond donors (Lipinski definition) is 0. The molecule has 110 valence electrons. The van der Waals surface area contributed by atoms with Gasteiger partial charge in [-0.25, -0.2) is 9.78 Å². The van der Waals surface area contributed by atoms with Crippen LogP contribution in [0.2, 0.25) is 5.02 Å². The highest BCUT2D eigenvalue weighted by Gasteiger charge is 2.21. The summed E-state index contributed by atoms with van der Waals surface area (Å²) in [6.07, 6.45) is 0. The number of thiazole rings is 1. The Morgan fingerprint density at radius 2 is 2.14 bits per heavy atom. The number of carbonyl (C=O) groups is 1. The van der Waals surface area contributed by atoms with Crippen LogP contribution in [0.3, 0.4) is 0 Å². The molecule has 1 aliphatic heterocycles. The van der Waals surface area contributed by atoms with Crippen molar-refractivity contribution in [3.8, 4) is 22.1 Å². The van der Waals surface area contributed by atoms with Gasteiger partial charge in [-0.2, -0.15) is 0 Å². The van der Waals surface area contributed by atoms with Gasteiger partial charge in [-0.3, -0.25) is 0 Å². The third-order valence-corrected chi connectivity index (χ3v) is 4.32. The zero-order valence-corrected chi connectivity index (χ0v) is 13.0. The van der Waals surface area contributed by atoms with Crippen molar-refractivity contribution in [2.24, 2.45) is 0 Å². The van der Waals surface area contributed by atoms with Crippen LogP contribution in [-0.2, 0) is 4.74 Å². The third kappa shape index (κ3) is 2.56. The van der Waals surface area contributed by atoms with E-state index >= 15 is 0 Å². The summed E-state index contributed by atoms with van der Waals surface area (Å²) in [5, 5.41) is 1.15. The van der Waals surface area contributed by atoms with Gasteiger partial charge >= 0.3 is 5.97 Å². The van der Waals surface area contributed by atoms with Crippen molar-refractivity contribution in [1.29, 1.82) is 0 Å². The molecule has 0 atom stereocenters. The molecular formula is C14H12ClNO4S. The van der Waals surface area contributed by atoms with Crippen LogP contribution < -0.4 is 9.47 Å². The average molecular weight is 326 g/mol. The summed E-state index contributed by atoms with van der Waals surface area (Å²) < 4.78 is 15.7. The zero-order valence-electron chi connectivity index (χ0n) is 11.4. The first-order valence-electron chi connectivity index (χ1n) is 6.25. The van der Waals surface area contributed by atoms with E-state index in [9.17, 15) is 4.79 Å². The quantitative estimate of drug-likeness (QED) is 0.793. The van der Waals surface area contributed by atoms with Crippen molar-refractivity contribution < 1.29 is 19.0 Å². The lowest BCUT2D eigenvalue weighted by molar-refractivity contribution is 0.0594. The number of benzene rings is 1. The van der Waals surface area contributed by atoms with Gasteiger partial charge in [-0.15, -0.1) is 11.3 Å². The molecule has 7 heteroatoms. The van der Waals surface area contributed by atoms with Crippen molar-refractivity contribution in [3.05, 3.63) is 27.7 Å². The lowest BCUT2D eigenvalue weighted by atomic mass is 10.2. The summed E-state index contributed by atoms with van der Waals surface area (Å²) in [5.74, 6) is 0.697. The molecule has 2 aromatic rings. The Morgan fingerprint density at radius 3 is 2.90 bits per heavy atom. The van der Waals surface area contributed by atoms with Crippen LogP contribution in [0, 0.1) is 6.92 Å². The predicted molar refractivity (Wildman–Crippen MR) is 79.6 cm³/mol. The number of carbonyl (C=O) groups excluding carboxylic acids is 1. The minimum atomic E-state index is -0.446. The first-order valence-corrected chi connectivity index (χ1v) is 7.45. The van der Waals surface area contributed by atoms with E-state index < -0.39 is 5.97 Å². The van der Waals surface area contributed by atoms with Gasteiger partial charge in [0, 0.05) is 10.4 Å². The number of methoxy groups -OCH3 is 1. The Hall–Kier alpha value is -1.79. The molecule has 0 bridgehead atoms. The van der Waals surface area contributed by atoms with Crippen LogP contribution in [0.4, 0.5) is 0 Å². The maximum absolute atomic E-state index is 11.6. The second-order valence-corrected chi connectivity index (χ2v) is 6.01. The summed E-state index contributed by atoms with van der Waals surface area (Å²) in [4.78, 5) is 16.8. The number of aromatic nitrogens is 1. The topological polar surface area (TPSA) is 57.7 Å². The van der Waals surface area contributed by atoms with Crippen LogP contribution in [-0.4, -0.2) is 31.3 Å². The largest absolute Gasteiger partial charge is 0.486 e. The van der Waals surface area contributed by atoms with E-state index in [0.29, 0.717) is 40.4 Å². The maximum atomic E-state index is 11.6. The number of hydrogen-bond acceptors (Lipinski definition) is 6. The Bertz CT molecular complexity index is 713. The Labute approximate surface area is 130 Å². The van der Waals surface area contributed by atoms with Crippen molar-refractivity contribution in [2.75, 3.05) is 20.3 Å². The van der Waals surface area contributed by atoms with Gasteiger partial charge < -0.3 is 14.2 Å². The normalized spacial score (nSPS) is 13.1. The Balaban J connectivity index is 2.05. The van der Waals surface area contributed by atoms with Gasteiger partial charge in [0.1, 0.15) is 18.2 Å². The maximum Gasteiger partial charge on any atom is 0.357 e. The summed E-state index contributed by atoms with van der Waals surface area (Å²) in [6, 6.07) is 3.58. The fraction of sp³-hybridized carbons (Fsp3) is 0.286. The van der Waals surface area contributed by atoms with Gasteiger partial charge in [0.05, 0.1) is 12.1 Å². The smallest absolute Gasteiger partial charge is 0.357 e. The molecule has 0 radical (unpaired) electrons. The van der Waals surface area contributed by atoms with Crippen molar-refractivity contribution in [1.82, 2.24) is 4.98 Å². The molecule has 2 heterocycles. The number of rotatable bonds is 2. The van der Waals surface area contributed by atoms with Crippen LogP contribution in [0.5, 0.6) is 11.5 Å². The summed E-state index contributed by atoms with van der Waals surface area (Å²) in [5.41, 5.74) is 1.11. The highest BCUT2D eigenvalue weighted by atomic mass is 35.5. The number of ether oxygens (including phenoxy) is 3. The van der Waals surface area contributed by atoms with Crippen LogP contribution in [0.1, 0.15) is 15.4 Å². The lowest BCUT2D eigenvalue weighted by Gasteiger charge is -2.19. The minimum absolute atomic E-state index is 0.323. The molecule has 0 fully saturated rings. The number of esters is 1. The zero-order chi connectivity index (χ0) is 15.0. The molecule has 0 spiro atoms. The van der Waals surface area contributed by atoms with E-state index in [1.54, 1.807) is 6.07 Å². The van der Waals surface area contributed by atoms with Gasteiger partial charge in [-0.05, 0) is 19.1 Å². The average Bonchev–Trinajstić information content (AvgIpc) is 2.88. The Kier molecular flexibility index (Phi) is 3.73. The van der Waals surface area contributed by atoms with E-state index in [0.717, 1.165) is 10.4 Å². The molecule has 5 nitrogen and oxygen atoms in total. The van der Waals surface area contributed by atoms with Crippen molar-refractivity contribution in [2.45, 2.75) is 6.92 Å². The van der Waals surface area contributed by atoms with Crippen molar-refractivity contribution in [3.63, 3.8) is 0 Å². The molecular weight excluding hydrogens is 314 g/mol. The summed E-state index contributed by atoms with van der Waals surface area (Å²) in [6.45, 7) is 2.79. The van der Waals surface area contributed by atoms with Gasteiger partial charge in [0.2, 0.25) is 0 Å². The van der Waals surface area contributed by atoms with E-state index in [1.165, 1.54) is 18.4 Å². The van der Waals surface area contributed by atoms with Crippen LogP contribution in [0.25, 0.3) is 10.6 Å². The number of halogens is 1. The molecule has 1 aromatic heterocycles.